The molecule has 1 aromatic heterocycles. The van der Waals surface area contributed by atoms with Crippen molar-refractivity contribution < 1.29 is 5.11 Å². The van der Waals surface area contributed by atoms with Crippen LogP contribution in [0.5, 0.6) is 0 Å². The Morgan fingerprint density at radius 1 is 1.56 bits per heavy atom. The van der Waals surface area contributed by atoms with Gasteiger partial charge in [0.1, 0.15) is 5.82 Å². The predicted octanol–water partition coefficient (Wildman–Crippen LogP) is 2.36. The Kier molecular flexibility index (Phi) is 3.50. The van der Waals surface area contributed by atoms with Crippen molar-refractivity contribution in [1.29, 1.82) is 0 Å². The van der Waals surface area contributed by atoms with Gasteiger partial charge in [-0.25, -0.2) is 4.98 Å². The number of nitrogens with zero attached hydrogens (tertiary/aromatic N) is 2. The van der Waals surface area contributed by atoms with Crippen LogP contribution in [-0.2, 0) is 0 Å². The number of hydrogen-bond acceptors (Lipinski definition) is 3. The van der Waals surface area contributed by atoms with Gasteiger partial charge >= 0.3 is 0 Å². The summed E-state index contributed by atoms with van der Waals surface area (Å²) in [5.74, 6) is 1.59. The lowest BCUT2D eigenvalue weighted by Gasteiger charge is -2.35. The van der Waals surface area contributed by atoms with Crippen LogP contribution in [0.25, 0.3) is 0 Å². The molecule has 1 aromatic rings. The van der Waals surface area contributed by atoms with E-state index in [-0.39, 0.29) is 6.10 Å². The van der Waals surface area contributed by atoms with Gasteiger partial charge in [0.25, 0.3) is 0 Å². The maximum atomic E-state index is 9.25. The SMILES string of the molecule is Cc1cnc(N(C)CC2CC(O)C2)c(Br)c1. The Morgan fingerprint density at radius 2 is 2.25 bits per heavy atom. The third-order valence-corrected chi connectivity index (χ3v) is 3.65. The quantitative estimate of drug-likeness (QED) is 0.926. The zero-order valence-corrected chi connectivity index (χ0v) is 11.2. The number of anilines is 1. The fourth-order valence-corrected chi connectivity index (χ4v) is 2.90. The zero-order valence-electron chi connectivity index (χ0n) is 9.65. The lowest BCUT2D eigenvalue weighted by atomic mass is 9.82. The number of aliphatic hydroxyl groups excluding tert-OH is 1. The standard InChI is InChI=1S/C12H17BrN2O/c1-8-3-11(13)12(14-6-8)15(2)7-9-4-10(16)5-9/h3,6,9-10,16H,4-5,7H2,1-2H3. The van der Waals surface area contributed by atoms with E-state index in [1.54, 1.807) is 0 Å². The summed E-state index contributed by atoms with van der Waals surface area (Å²) in [5, 5.41) is 9.25. The van der Waals surface area contributed by atoms with Gasteiger partial charge in [-0.1, -0.05) is 0 Å². The van der Waals surface area contributed by atoms with Gasteiger partial charge in [0.05, 0.1) is 10.6 Å². The summed E-state index contributed by atoms with van der Waals surface area (Å²) in [6.07, 6.45) is 3.65. The van der Waals surface area contributed by atoms with Gasteiger partial charge in [-0.2, -0.15) is 0 Å². The molecule has 1 heterocycles. The molecule has 1 aliphatic carbocycles. The minimum Gasteiger partial charge on any atom is -0.393 e. The van der Waals surface area contributed by atoms with Crippen molar-refractivity contribution in [2.24, 2.45) is 5.92 Å². The Hall–Kier alpha value is -0.610. The summed E-state index contributed by atoms with van der Waals surface area (Å²) >= 11 is 3.54. The maximum absolute atomic E-state index is 9.25. The number of aromatic nitrogens is 1. The van der Waals surface area contributed by atoms with Crippen LogP contribution < -0.4 is 4.90 Å². The highest BCUT2D eigenvalue weighted by atomic mass is 79.9. The fraction of sp³-hybridized carbons (Fsp3) is 0.583. The topological polar surface area (TPSA) is 36.4 Å². The van der Waals surface area contributed by atoms with Crippen LogP contribution in [0, 0.1) is 12.8 Å². The fourth-order valence-electron chi connectivity index (χ4n) is 2.13. The highest BCUT2D eigenvalue weighted by Gasteiger charge is 2.28. The van der Waals surface area contributed by atoms with Crippen molar-refractivity contribution in [1.82, 2.24) is 4.98 Å². The number of aliphatic hydroxyl groups is 1. The molecule has 0 amide bonds. The Labute approximate surface area is 105 Å². The number of pyridine rings is 1. The molecule has 0 aromatic carbocycles. The molecular formula is C12H17BrN2O. The average molecular weight is 285 g/mol. The summed E-state index contributed by atoms with van der Waals surface area (Å²) in [6, 6.07) is 2.08. The summed E-state index contributed by atoms with van der Waals surface area (Å²) in [4.78, 5) is 6.58. The minimum absolute atomic E-state index is 0.0761. The zero-order chi connectivity index (χ0) is 11.7. The molecule has 0 saturated heterocycles. The second-order valence-electron chi connectivity index (χ2n) is 4.69. The van der Waals surface area contributed by atoms with E-state index in [1.807, 2.05) is 20.2 Å². The lowest BCUT2D eigenvalue weighted by Crippen LogP contribution is -2.37. The van der Waals surface area contributed by atoms with Gasteiger partial charge in [-0.3, -0.25) is 0 Å². The molecule has 0 bridgehead atoms. The van der Waals surface area contributed by atoms with Crippen LogP contribution in [0.4, 0.5) is 5.82 Å². The smallest absolute Gasteiger partial charge is 0.142 e. The molecule has 1 N–H and O–H groups in total. The second kappa shape index (κ2) is 4.72. The van der Waals surface area contributed by atoms with E-state index >= 15 is 0 Å². The molecule has 0 atom stereocenters. The summed E-state index contributed by atoms with van der Waals surface area (Å²) in [5.41, 5.74) is 1.16. The first kappa shape index (κ1) is 11.9. The second-order valence-corrected chi connectivity index (χ2v) is 5.54. The van der Waals surface area contributed by atoms with Gasteiger partial charge in [-0.15, -0.1) is 0 Å². The van der Waals surface area contributed by atoms with Gasteiger partial charge < -0.3 is 10.0 Å². The molecule has 16 heavy (non-hydrogen) atoms. The molecule has 88 valence electrons. The Morgan fingerprint density at radius 3 is 2.81 bits per heavy atom. The molecule has 1 aliphatic rings. The van der Waals surface area contributed by atoms with Crippen molar-refractivity contribution in [3.05, 3.63) is 22.3 Å². The summed E-state index contributed by atoms with van der Waals surface area (Å²) < 4.78 is 1.04. The van der Waals surface area contributed by atoms with Gasteiger partial charge in [-0.05, 0) is 53.2 Å². The van der Waals surface area contributed by atoms with Crippen LogP contribution in [-0.4, -0.2) is 29.8 Å². The molecule has 0 spiro atoms. The minimum atomic E-state index is -0.0761. The number of hydrogen-bond donors (Lipinski definition) is 1. The average Bonchev–Trinajstić information content (AvgIpc) is 2.15. The third-order valence-electron chi connectivity index (χ3n) is 3.06. The molecule has 0 unspecified atom stereocenters. The van der Waals surface area contributed by atoms with E-state index in [1.165, 1.54) is 0 Å². The van der Waals surface area contributed by atoms with Crippen molar-refractivity contribution >= 4 is 21.7 Å². The molecule has 4 heteroatoms. The monoisotopic (exact) mass is 284 g/mol. The number of rotatable bonds is 3. The highest BCUT2D eigenvalue weighted by molar-refractivity contribution is 9.10. The van der Waals surface area contributed by atoms with E-state index in [2.05, 4.69) is 31.9 Å². The molecular weight excluding hydrogens is 268 g/mol. The first-order chi connectivity index (χ1) is 7.56. The maximum Gasteiger partial charge on any atom is 0.142 e. The largest absolute Gasteiger partial charge is 0.393 e. The summed E-state index contributed by atoms with van der Waals surface area (Å²) in [7, 11) is 2.05. The molecule has 1 saturated carbocycles. The number of aryl methyl sites for hydroxylation is 1. The van der Waals surface area contributed by atoms with E-state index in [0.29, 0.717) is 5.92 Å². The van der Waals surface area contributed by atoms with Crippen LogP contribution in [0.2, 0.25) is 0 Å². The van der Waals surface area contributed by atoms with Crippen molar-refractivity contribution in [2.75, 3.05) is 18.5 Å². The first-order valence-corrected chi connectivity index (χ1v) is 6.37. The van der Waals surface area contributed by atoms with E-state index in [0.717, 1.165) is 35.2 Å². The molecule has 2 rings (SSSR count). The molecule has 0 aliphatic heterocycles. The Bertz CT molecular complexity index is 377. The van der Waals surface area contributed by atoms with E-state index in [4.69, 9.17) is 0 Å². The Balaban J connectivity index is 2.00. The molecule has 3 nitrogen and oxygen atoms in total. The highest BCUT2D eigenvalue weighted by Crippen LogP contribution is 2.30. The van der Waals surface area contributed by atoms with Crippen molar-refractivity contribution in [3.8, 4) is 0 Å². The van der Waals surface area contributed by atoms with Gasteiger partial charge in [0, 0.05) is 19.8 Å². The van der Waals surface area contributed by atoms with Crippen LogP contribution in [0.1, 0.15) is 18.4 Å². The summed E-state index contributed by atoms with van der Waals surface area (Å²) in [6.45, 7) is 3.00. The number of halogens is 1. The molecule has 1 fully saturated rings. The van der Waals surface area contributed by atoms with E-state index < -0.39 is 0 Å². The third kappa shape index (κ3) is 2.55. The predicted molar refractivity (Wildman–Crippen MR) is 68.7 cm³/mol. The van der Waals surface area contributed by atoms with Crippen molar-refractivity contribution in [2.45, 2.75) is 25.9 Å². The lowest BCUT2D eigenvalue weighted by molar-refractivity contribution is 0.0464. The van der Waals surface area contributed by atoms with Crippen LogP contribution in [0.15, 0.2) is 16.7 Å². The van der Waals surface area contributed by atoms with Crippen LogP contribution >= 0.6 is 15.9 Å². The molecule has 0 radical (unpaired) electrons. The van der Waals surface area contributed by atoms with Crippen molar-refractivity contribution in [3.63, 3.8) is 0 Å². The first-order valence-electron chi connectivity index (χ1n) is 5.57. The van der Waals surface area contributed by atoms with Gasteiger partial charge in [0.15, 0.2) is 0 Å². The van der Waals surface area contributed by atoms with Crippen LogP contribution in [0.3, 0.4) is 0 Å². The van der Waals surface area contributed by atoms with Gasteiger partial charge in [0.2, 0.25) is 0 Å². The van der Waals surface area contributed by atoms with E-state index in [9.17, 15) is 5.11 Å². The normalized spacial score (nSPS) is 24.0.